The summed E-state index contributed by atoms with van der Waals surface area (Å²) in [6.07, 6.45) is 0. The summed E-state index contributed by atoms with van der Waals surface area (Å²) in [5, 5.41) is 2.39. The number of anilines is 1. The number of benzene rings is 2. The molecule has 1 aromatic heterocycles. The van der Waals surface area contributed by atoms with E-state index in [2.05, 4.69) is 34.1 Å². The van der Waals surface area contributed by atoms with Crippen LogP contribution in [0.4, 0.5) is 9.57 Å². The Morgan fingerprint density at radius 3 is 2.30 bits per heavy atom. The lowest BCUT2D eigenvalue weighted by Gasteiger charge is -2.11. The van der Waals surface area contributed by atoms with Crippen molar-refractivity contribution in [2.24, 2.45) is 0 Å². The first-order chi connectivity index (χ1) is 13.2. The number of nitrogens with one attached hydrogen (secondary N) is 1. The molecule has 0 aliphatic rings. The molecule has 27 heavy (non-hydrogen) atoms. The summed E-state index contributed by atoms with van der Waals surface area (Å²) in [5.41, 5.74) is 3.33. The van der Waals surface area contributed by atoms with Crippen LogP contribution in [-0.4, -0.2) is 57.9 Å². The molecule has 0 saturated carbocycles. The Balaban J connectivity index is 1.51. The number of hydrogen-bond donors (Lipinski definition) is 1. The van der Waals surface area contributed by atoms with E-state index < -0.39 is 0 Å². The van der Waals surface area contributed by atoms with Gasteiger partial charge in [-0.1, -0.05) is 6.07 Å². The highest BCUT2D eigenvalue weighted by Gasteiger charge is 2.07. The maximum absolute atomic E-state index is 11.8. The highest BCUT2D eigenvalue weighted by Crippen LogP contribution is 2.30. The molecule has 0 aliphatic heterocycles. The van der Waals surface area contributed by atoms with Crippen molar-refractivity contribution in [2.45, 2.75) is 0 Å². The fourth-order valence-electron chi connectivity index (χ4n) is 2.88. The number of fused-ring (bicyclic) bond motifs is 3. The minimum Gasteiger partial charge on any atom is -0.491 e. The van der Waals surface area contributed by atoms with Gasteiger partial charge in [-0.05, 0) is 24.3 Å². The van der Waals surface area contributed by atoms with E-state index in [-0.39, 0.29) is 12.1 Å². The van der Waals surface area contributed by atoms with E-state index in [1.165, 1.54) is 10.8 Å². The molecular formula is C20H25FN2O3S. The van der Waals surface area contributed by atoms with Gasteiger partial charge in [-0.3, -0.25) is 0 Å². The first kappa shape index (κ1) is 19.8. The van der Waals surface area contributed by atoms with Gasteiger partial charge in [0.15, 0.2) is 0 Å². The second-order valence-electron chi connectivity index (χ2n) is 6.34. The highest BCUT2D eigenvalue weighted by molar-refractivity contribution is 7.94. The zero-order valence-electron chi connectivity index (χ0n) is 15.7. The van der Waals surface area contributed by atoms with Gasteiger partial charge in [0.25, 0.3) is 0 Å². The summed E-state index contributed by atoms with van der Waals surface area (Å²) in [7, 11) is 4.07. The van der Waals surface area contributed by atoms with Gasteiger partial charge in [-0.15, -0.1) is 0 Å². The first-order valence-corrected chi connectivity index (χ1v) is 9.82. The number of rotatable bonds is 11. The van der Waals surface area contributed by atoms with E-state index >= 15 is 0 Å². The maximum atomic E-state index is 11.8. The van der Waals surface area contributed by atoms with Crippen molar-refractivity contribution in [3.8, 4) is 5.75 Å². The lowest BCUT2D eigenvalue weighted by molar-refractivity contribution is 0.0412. The van der Waals surface area contributed by atoms with Crippen molar-refractivity contribution in [2.75, 3.05) is 57.8 Å². The molecule has 1 N–H and O–H groups in total. The minimum absolute atomic E-state index is 0.284. The minimum atomic E-state index is 0.284. The van der Waals surface area contributed by atoms with Crippen molar-refractivity contribution in [3.05, 3.63) is 36.4 Å². The van der Waals surface area contributed by atoms with Gasteiger partial charge in [-0.2, -0.15) is 3.89 Å². The van der Waals surface area contributed by atoms with Gasteiger partial charge in [-0.25, -0.2) is 0 Å². The highest BCUT2D eigenvalue weighted by atomic mass is 32.2. The topological polar surface area (TPSA) is 46.7 Å². The molecule has 0 fully saturated rings. The van der Waals surface area contributed by atoms with E-state index in [1.807, 2.05) is 26.2 Å². The van der Waals surface area contributed by atoms with Crippen molar-refractivity contribution in [1.29, 1.82) is 0 Å². The summed E-state index contributed by atoms with van der Waals surface area (Å²) in [4.78, 5) is 5.55. The average molecular weight is 392 g/mol. The molecule has 5 nitrogen and oxygen atoms in total. The van der Waals surface area contributed by atoms with Crippen molar-refractivity contribution in [3.63, 3.8) is 0 Å². The number of nitrogens with zero attached hydrogens (tertiary/aromatic N) is 1. The lowest BCUT2D eigenvalue weighted by atomic mass is 10.1. The van der Waals surface area contributed by atoms with Crippen molar-refractivity contribution < 1.29 is 18.1 Å². The monoisotopic (exact) mass is 392 g/mol. The molecule has 0 amide bonds. The van der Waals surface area contributed by atoms with Crippen LogP contribution in [0.3, 0.4) is 0 Å². The van der Waals surface area contributed by atoms with Crippen LogP contribution in [0.2, 0.25) is 0 Å². The second kappa shape index (κ2) is 9.82. The Hall–Kier alpha value is -1.96. The number of halogens is 1. The smallest absolute Gasteiger partial charge is 0.121 e. The van der Waals surface area contributed by atoms with Gasteiger partial charge in [0.1, 0.15) is 12.4 Å². The van der Waals surface area contributed by atoms with Crippen LogP contribution in [0.15, 0.2) is 36.4 Å². The van der Waals surface area contributed by atoms with E-state index in [4.69, 9.17) is 14.2 Å². The Labute approximate surface area is 163 Å². The van der Waals surface area contributed by atoms with Crippen LogP contribution in [0.25, 0.3) is 21.8 Å². The summed E-state index contributed by atoms with van der Waals surface area (Å²) in [5.74, 6) is 1.16. The van der Waals surface area contributed by atoms with Gasteiger partial charge < -0.3 is 24.1 Å². The fourth-order valence-corrected chi connectivity index (χ4v) is 3.06. The molecule has 2 aromatic carbocycles. The molecule has 0 atom stereocenters. The zero-order valence-corrected chi connectivity index (χ0v) is 16.5. The summed E-state index contributed by atoms with van der Waals surface area (Å²) >= 11 is 0.284. The second-order valence-corrected chi connectivity index (χ2v) is 6.97. The van der Waals surface area contributed by atoms with Crippen LogP contribution in [0, 0.1) is 0 Å². The number of aromatic amines is 1. The fraction of sp³-hybridized carbons (Fsp3) is 0.400. The zero-order chi connectivity index (χ0) is 19.1. The molecule has 0 saturated heterocycles. The van der Waals surface area contributed by atoms with E-state index in [9.17, 15) is 3.89 Å². The Morgan fingerprint density at radius 1 is 0.889 bits per heavy atom. The van der Waals surface area contributed by atoms with Gasteiger partial charge >= 0.3 is 0 Å². The summed E-state index contributed by atoms with van der Waals surface area (Å²) in [6, 6.07) is 12.5. The van der Waals surface area contributed by atoms with Crippen LogP contribution < -0.4 is 9.64 Å². The predicted octanol–water partition coefficient (Wildman–Crippen LogP) is 4.42. The molecular weight excluding hydrogens is 367 g/mol. The lowest BCUT2D eigenvalue weighted by Crippen LogP contribution is -2.11. The molecule has 0 unspecified atom stereocenters. The molecule has 146 valence electrons. The van der Waals surface area contributed by atoms with E-state index in [0.717, 1.165) is 22.5 Å². The van der Waals surface area contributed by atoms with Crippen LogP contribution in [-0.2, 0) is 9.47 Å². The molecule has 3 rings (SSSR count). The standard InChI is InChI=1S/C20H25FN2O3S/c1-23(2)15-3-5-17-18-6-4-16(14-20(18)22-19(17)13-15)26-10-9-24-7-8-25-11-12-27-21/h3-6,13-14,22H,7-12H2,1-2H3. The van der Waals surface area contributed by atoms with Crippen LogP contribution >= 0.6 is 12.1 Å². The van der Waals surface area contributed by atoms with Crippen LogP contribution in [0.5, 0.6) is 5.75 Å². The summed E-state index contributed by atoms with van der Waals surface area (Å²) in [6.45, 7) is 2.31. The van der Waals surface area contributed by atoms with Gasteiger partial charge in [0.2, 0.25) is 0 Å². The third-order valence-electron chi connectivity index (χ3n) is 4.24. The Kier molecular flexibility index (Phi) is 7.20. The SMILES string of the molecule is CN(C)c1ccc2c(c1)[nH]c1cc(OCCOCCOCCSF)ccc12. The third kappa shape index (κ3) is 5.28. The molecule has 3 aromatic rings. The van der Waals surface area contributed by atoms with Crippen molar-refractivity contribution >= 4 is 39.6 Å². The Morgan fingerprint density at radius 2 is 1.56 bits per heavy atom. The first-order valence-electron chi connectivity index (χ1n) is 8.93. The molecule has 0 bridgehead atoms. The van der Waals surface area contributed by atoms with Crippen LogP contribution in [0.1, 0.15) is 0 Å². The van der Waals surface area contributed by atoms with E-state index in [1.54, 1.807) is 0 Å². The van der Waals surface area contributed by atoms with Gasteiger partial charge in [0.05, 0.1) is 31.9 Å². The van der Waals surface area contributed by atoms with E-state index in [0.29, 0.717) is 38.8 Å². The largest absolute Gasteiger partial charge is 0.491 e. The number of hydrogen-bond acceptors (Lipinski definition) is 5. The number of H-pyrrole nitrogens is 1. The summed E-state index contributed by atoms with van der Waals surface area (Å²) < 4.78 is 28.2. The maximum Gasteiger partial charge on any atom is 0.121 e. The average Bonchev–Trinajstić information content (AvgIpc) is 3.03. The number of ether oxygens (including phenoxy) is 3. The molecule has 7 heteroatoms. The normalized spacial score (nSPS) is 11.4. The number of aromatic nitrogens is 1. The Bertz CT molecular complexity index is 869. The molecule has 1 heterocycles. The van der Waals surface area contributed by atoms with Crippen molar-refractivity contribution in [1.82, 2.24) is 4.98 Å². The quantitative estimate of drug-likeness (QED) is 0.490. The van der Waals surface area contributed by atoms with Gasteiger partial charge in [0, 0.05) is 60.0 Å². The molecule has 0 radical (unpaired) electrons. The third-order valence-corrected chi connectivity index (χ3v) is 4.56. The molecule has 0 spiro atoms. The predicted molar refractivity (Wildman–Crippen MR) is 111 cm³/mol. The molecule has 0 aliphatic carbocycles.